The van der Waals surface area contributed by atoms with Gasteiger partial charge in [-0.25, -0.2) is 4.98 Å². The predicted molar refractivity (Wildman–Crippen MR) is 123 cm³/mol. The highest BCUT2D eigenvalue weighted by Gasteiger charge is 2.41. The summed E-state index contributed by atoms with van der Waals surface area (Å²) in [5.41, 5.74) is -0.323. The van der Waals surface area contributed by atoms with E-state index in [0.717, 1.165) is 37.8 Å². The highest BCUT2D eigenvalue weighted by Crippen LogP contribution is 2.41. The van der Waals surface area contributed by atoms with E-state index in [-0.39, 0.29) is 11.9 Å². The van der Waals surface area contributed by atoms with Crippen molar-refractivity contribution in [2.24, 2.45) is 5.41 Å². The molecule has 178 valence electrons. The molecule has 1 fully saturated rings. The lowest BCUT2D eigenvalue weighted by molar-refractivity contribution is -0.137. The highest BCUT2D eigenvalue weighted by molar-refractivity contribution is 6.00. The molecule has 0 saturated heterocycles. The maximum Gasteiger partial charge on any atom is 0.416 e. The first-order valence-electron chi connectivity index (χ1n) is 11.4. The second kappa shape index (κ2) is 8.50. The van der Waals surface area contributed by atoms with Crippen LogP contribution in [-0.2, 0) is 11.0 Å². The van der Waals surface area contributed by atoms with E-state index in [2.05, 4.69) is 9.88 Å². The third kappa shape index (κ3) is 4.37. The number of fused-ring (bicyclic) bond motifs is 1. The SMILES string of the molecule is CCN(c1cccc(C(F)(F)F)c1)c1ncc2c(n1)N(C1CCCC1)CC(C)(C)C(=O)N2C. The lowest BCUT2D eigenvalue weighted by Crippen LogP contribution is -2.45. The molecule has 2 aromatic rings. The van der Waals surface area contributed by atoms with E-state index in [4.69, 9.17) is 4.98 Å². The largest absolute Gasteiger partial charge is 0.416 e. The van der Waals surface area contributed by atoms with Crippen molar-refractivity contribution in [3.63, 3.8) is 0 Å². The minimum atomic E-state index is -4.43. The number of rotatable bonds is 4. The van der Waals surface area contributed by atoms with Crippen molar-refractivity contribution < 1.29 is 18.0 Å². The van der Waals surface area contributed by atoms with Crippen molar-refractivity contribution in [1.29, 1.82) is 0 Å². The fraction of sp³-hybridized carbons (Fsp3) is 0.542. The fourth-order valence-electron chi connectivity index (χ4n) is 4.87. The minimum absolute atomic E-state index is 0.00850. The number of nitrogens with zero attached hydrogens (tertiary/aromatic N) is 5. The van der Waals surface area contributed by atoms with Gasteiger partial charge in [0.25, 0.3) is 0 Å². The van der Waals surface area contributed by atoms with Gasteiger partial charge in [-0.1, -0.05) is 18.9 Å². The molecule has 1 aromatic carbocycles. The van der Waals surface area contributed by atoms with Crippen molar-refractivity contribution >= 4 is 29.0 Å². The predicted octanol–water partition coefficient (Wildman–Crippen LogP) is 5.41. The molecule has 6 nitrogen and oxygen atoms in total. The Bertz CT molecular complexity index is 1030. The van der Waals surface area contributed by atoms with Crippen LogP contribution in [0.25, 0.3) is 0 Å². The Kier molecular flexibility index (Phi) is 6.01. The summed E-state index contributed by atoms with van der Waals surface area (Å²) in [6.07, 6.45) is 1.50. The van der Waals surface area contributed by atoms with Crippen LogP contribution in [-0.4, -0.2) is 42.1 Å². The molecule has 1 aliphatic heterocycles. The zero-order valence-electron chi connectivity index (χ0n) is 19.5. The lowest BCUT2D eigenvalue weighted by atomic mass is 9.91. The Balaban J connectivity index is 1.81. The summed E-state index contributed by atoms with van der Waals surface area (Å²) < 4.78 is 39.9. The van der Waals surface area contributed by atoms with Gasteiger partial charge in [-0.3, -0.25) is 4.79 Å². The first-order chi connectivity index (χ1) is 15.5. The molecule has 4 rings (SSSR count). The summed E-state index contributed by atoms with van der Waals surface area (Å²) in [4.78, 5) is 28.0. The summed E-state index contributed by atoms with van der Waals surface area (Å²) >= 11 is 0. The van der Waals surface area contributed by atoms with Crippen LogP contribution in [0.2, 0.25) is 0 Å². The number of anilines is 4. The highest BCUT2D eigenvalue weighted by atomic mass is 19.4. The summed E-state index contributed by atoms with van der Waals surface area (Å²) in [5.74, 6) is 0.976. The van der Waals surface area contributed by atoms with Crippen molar-refractivity contribution in [3.05, 3.63) is 36.0 Å². The van der Waals surface area contributed by atoms with Crippen LogP contribution in [0.3, 0.4) is 0 Å². The number of aromatic nitrogens is 2. The Hall–Kier alpha value is -2.84. The van der Waals surface area contributed by atoms with Gasteiger partial charge in [0.2, 0.25) is 11.9 Å². The zero-order valence-corrected chi connectivity index (χ0v) is 19.5. The molecule has 2 heterocycles. The number of halogens is 3. The number of hydrogen-bond acceptors (Lipinski definition) is 5. The van der Waals surface area contributed by atoms with Gasteiger partial charge in [-0.2, -0.15) is 18.2 Å². The van der Waals surface area contributed by atoms with Gasteiger partial charge in [0.05, 0.1) is 17.2 Å². The van der Waals surface area contributed by atoms with Gasteiger partial charge in [0.15, 0.2) is 5.82 Å². The third-order valence-corrected chi connectivity index (χ3v) is 6.63. The van der Waals surface area contributed by atoms with E-state index in [0.29, 0.717) is 36.2 Å². The summed E-state index contributed by atoms with van der Waals surface area (Å²) in [6.45, 7) is 6.65. The second-order valence-corrected chi connectivity index (χ2v) is 9.49. The Morgan fingerprint density at radius 1 is 1.21 bits per heavy atom. The number of hydrogen-bond donors (Lipinski definition) is 0. The molecule has 1 aliphatic carbocycles. The lowest BCUT2D eigenvalue weighted by Gasteiger charge is -2.34. The minimum Gasteiger partial charge on any atom is -0.351 e. The molecule has 1 saturated carbocycles. The van der Waals surface area contributed by atoms with Crippen LogP contribution < -0.4 is 14.7 Å². The number of carbonyl (C=O) groups is 1. The van der Waals surface area contributed by atoms with Gasteiger partial charge >= 0.3 is 6.18 Å². The van der Waals surface area contributed by atoms with E-state index in [9.17, 15) is 18.0 Å². The molecule has 0 atom stereocenters. The summed E-state index contributed by atoms with van der Waals surface area (Å²) in [5, 5.41) is 0. The van der Waals surface area contributed by atoms with E-state index in [1.165, 1.54) is 6.07 Å². The molecule has 2 aliphatic rings. The number of amides is 1. The topological polar surface area (TPSA) is 52.6 Å². The maximum atomic E-state index is 13.3. The molecule has 9 heteroatoms. The van der Waals surface area contributed by atoms with Gasteiger partial charge in [-0.05, 0) is 51.8 Å². The van der Waals surface area contributed by atoms with Gasteiger partial charge in [-0.15, -0.1) is 0 Å². The molecule has 0 unspecified atom stereocenters. The van der Waals surface area contributed by atoms with E-state index < -0.39 is 17.2 Å². The van der Waals surface area contributed by atoms with Crippen molar-refractivity contribution in [3.8, 4) is 0 Å². The Morgan fingerprint density at radius 3 is 2.55 bits per heavy atom. The first kappa shape index (κ1) is 23.3. The van der Waals surface area contributed by atoms with Gasteiger partial charge in [0, 0.05) is 31.9 Å². The van der Waals surface area contributed by atoms with Crippen LogP contribution in [0.5, 0.6) is 0 Å². The normalized spacial score (nSPS) is 18.9. The van der Waals surface area contributed by atoms with Crippen LogP contribution in [0.15, 0.2) is 30.5 Å². The molecule has 0 N–H and O–H groups in total. The molecule has 1 amide bonds. The molecular formula is C24H30F3N5O. The fourth-order valence-corrected chi connectivity index (χ4v) is 4.87. The van der Waals surface area contributed by atoms with E-state index >= 15 is 0 Å². The van der Waals surface area contributed by atoms with Crippen molar-refractivity contribution in [2.75, 3.05) is 34.8 Å². The third-order valence-electron chi connectivity index (χ3n) is 6.63. The maximum absolute atomic E-state index is 13.3. The molecule has 0 bridgehead atoms. The van der Waals surface area contributed by atoms with Crippen LogP contribution in [0.1, 0.15) is 52.0 Å². The Morgan fingerprint density at radius 2 is 1.91 bits per heavy atom. The average Bonchev–Trinajstić information content (AvgIpc) is 3.29. The number of alkyl halides is 3. The van der Waals surface area contributed by atoms with Crippen molar-refractivity contribution in [2.45, 2.75) is 58.7 Å². The average molecular weight is 462 g/mol. The van der Waals surface area contributed by atoms with Crippen molar-refractivity contribution in [1.82, 2.24) is 9.97 Å². The standard InChI is InChI=1S/C24H30F3N5O/c1-5-31(18-12-8-9-16(13-18)24(25,26)27)22-28-14-19-20(29-22)32(17-10-6-7-11-17)15-23(2,3)21(33)30(19)4/h8-9,12-14,17H,5-7,10-11,15H2,1-4H3. The monoisotopic (exact) mass is 461 g/mol. The van der Waals surface area contributed by atoms with Crippen LogP contribution >= 0.6 is 0 Å². The zero-order chi connectivity index (χ0) is 24.0. The van der Waals surface area contributed by atoms with E-state index in [1.807, 2.05) is 20.8 Å². The molecular weight excluding hydrogens is 431 g/mol. The van der Waals surface area contributed by atoms with Gasteiger partial charge in [0.1, 0.15) is 5.69 Å². The molecule has 0 spiro atoms. The second-order valence-electron chi connectivity index (χ2n) is 9.49. The quantitative estimate of drug-likeness (QED) is 0.610. The summed E-state index contributed by atoms with van der Waals surface area (Å²) in [7, 11) is 1.73. The number of carbonyl (C=O) groups excluding carboxylic acids is 1. The van der Waals surface area contributed by atoms with Gasteiger partial charge < -0.3 is 14.7 Å². The molecule has 33 heavy (non-hydrogen) atoms. The molecule has 1 aromatic heterocycles. The van der Waals surface area contributed by atoms with Crippen LogP contribution in [0.4, 0.5) is 36.3 Å². The first-order valence-corrected chi connectivity index (χ1v) is 11.4. The smallest absolute Gasteiger partial charge is 0.351 e. The molecule has 0 radical (unpaired) electrons. The summed E-state index contributed by atoms with van der Waals surface area (Å²) in [6, 6.07) is 5.46. The Labute approximate surface area is 192 Å². The van der Waals surface area contributed by atoms with Crippen LogP contribution in [0, 0.1) is 5.41 Å². The number of benzene rings is 1. The van der Waals surface area contributed by atoms with E-state index in [1.54, 1.807) is 29.1 Å².